The minimum Gasteiger partial charge on any atom is -0.465 e. The number of amides is 1. The molecule has 4 rings (SSSR count). The van der Waals surface area contributed by atoms with E-state index >= 15 is 0 Å². The van der Waals surface area contributed by atoms with Gasteiger partial charge in [0.05, 0.1) is 29.3 Å². The highest BCUT2D eigenvalue weighted by Gasteiger charge is 2.17. The number of thioether (sulfide) groups is 1. The first-order valence-electron chi connectivity index (χ1n) is 11.3. The predicted molar refractivity (Wildman–Crippen MR) is 135 cm³/mol. The van der Waals surface area contributed by atoms with E-state index in [9.17, 15) is 14.4 Å². The van der Waals surface area contributed by atoms with E-state index < -0.39 is 5.97 Å². The molecule has 0 aliphatic carbocycles. The van der Waals surface area contributed by atoms with Gasteiger partial charge in [-0.15, -0.1) is 10.2 Å². The van der Waals surface area contributed by atoms with Crippen LogP contribution in [0.3, 0.4) is 0 Å². The third-order valence-electron chi connectivity index (χ3n) is 5.61. The molecule has 0 spiro atoms. The average molecular weight is 494 g/mol. The zero-order valence-electron chi connectivity index (χ0n) is 19.9. The summed E-state index contributed by atoms with van der Waals surface area (Å²) in [6.45, 7) is 5.10. The summed E-state index contributed by atoms with van der Waals surface area (Å²) < 4.78 is 8.21. The van der Waals surface area contributed by atoms with E-state index in [1.54, 1.807) is 34.9 Å². The quantitative estimate of drug-likeness (QED) is 0.282. The van der Waals surface area contributed by atoms with Crippen LogP contribution in [0, 0.1) is 5.92 Å². The highest BCUT2D eigenvalue weighted by Crippen LogP contribution is 2.22. The van der Waals surface area contributed by atoms with Crippen molar-refractivity contribution in [2.45, 2.75) is 38.5 Å². The number of benzene rings is 2. The van der Waals surface area contributed by atoms with Crippen LogP contribution in [0.4, 0.5) is 0 Å². The number of ether oxygens (including phenoxy) is 1. The summed E-state index contributed by atoms with van der Waals surface area (Å²) in [5, 5.41) is 12.6. The fourth-order valence-electron chi connectivity index (χ4n) is 3.67. The Morgan fingerprint density at radius 2 is 1.83 bits per heavy atom. The molecule has 35 heavy (non-hydrogen) atoms. The van der Waals surface area contributed by atoms with Crippen molar-refractivity contribution in [3.63, 3.8) is 0 Å². The van der Waals surface area contributed by atoms with Crippen molar-refractivity contribution in [3.8, 4) is 0 Å². The predicted octanol–water partition coefficient (Wildman–Crippen LogP) is 3.29. The lowest BCUT2D eigenvalue weighted by molar-refractivity contribution is -0.118. The number of rotatable bonds is 9. The Balaban J connectivity index is 1.50. The van der Waals surface area contributed by atoms with Gasteiger partial charge in [0, 0.05) is 13.1 Å². The number of aryl methyl sites for hydroxylation is 1. The van der Waals surface area contributed by atoms with Crippen LogP contribution in [0.5, 0.6) is 0 Å². The Bertz CT molecular complexity index is 1430. The molecular formula is C25H27N5O4S. The number of hydrogen-bond acceptors (Lipinski definition) is 7. The van der Waals surface area contributed by atoms with E-state index in [4.69, 9.17) is 4.74 Å². The summed E-state index contributed by atoms with van der Waals surface area (Å²) in [4.78, 5) is 37.2. The lowest BCUT2D eigenvalue weighted by Gasteiger charge is -2.12. The second kappa shape index (κ2) is 10.7. The molecule has 1 N–H and O–H groups in total. The Kier molecular flexibility index (Phi) is 7.50. The van der Waals surface area contributed by atoms with Gasteiger partial charge in [0.2, 0.25) is 11.7 Å². The van der Waals surface area contributed by atoms with Crippen LogP contribution in [0.15, 0.2) is 58.5 Å². The van der Waals surface area contributed by atoms with Crippen molar-refractivity contribution < 1.29 is 14.3 Å². The molecule has 9 nitrogen and oxygen atoms in total. The van der Waals surface area contributed by atoms with Gasteiger partial charge in [0.25, 0.3) is 5.56 Å². The summed E-state index contributed by atoms with van der Waals surface area (Å²) in [7, 11) is 1.33. The van der Waals surface area contributed by atoms with Crippen LogP contribution in [0.1, 0.15) is 36.2 Å². The Labute approximate surface area is 206 Å². The van der Waals surface area contributed by atoms with Crippen molar-refractivity contribution >= 4 is 40.3 Å². The molecule has 0 saturated carbocycles. The smallest absolute Gasteiger partial charge is 0.337 e. The lowest BCUT2D eigenvalue weighted by atomic mass is 10.1. The zero-order chi connectivity index (χ0) is 24.9. The van der Waals surface area contributed by atoms with Crippen LogP contribution in [0.25, 0.3) is 16.7 Å². The normalized spacial score (nSPS) is 11.3. The highest BCUT2D eigenvalue weighted by atomic mass is 32.2. The van der Waals surface area contributed by atoms with Gasteiger partial charge in [-0.1, -0.05) is 49.9 Å². The minimum absolute atomic E-state index is 0.0892. The number of methoxy groups -OCH3 is 1. The minimum atomic E-state index is -0.403. The molecular weight excluding hydrogens is 466 g/mol. The van der Waals surface area contributed by atoms with Crippen molar-refractivity contribution in [2.24, 2.45) is 5.92 Å². The van der Waals surface area contributed by atoms with Gasteiger partial charge < -0.3 is 10.1 Å². The fourth-order valence-corrected chi connectivity index (χ4v) is 4.44. The number of nitrogens with one attached hydrogen (secondary N) is 1. The summed E-state index contributed by atoms with van der Waals surface area (Å²) in [5.41, 5.74) is 1.94. The molecule has 0 atom stereocenters. The van der Waals surface area contributed by atoms with E-state index in [-0.39, 0.29) is 17.2 Å². The Hall–Kier alpha value is -3.66. The van der Waals surface area contributed by atoms with E-state index in [1.165, 1.54) is 18.9 Å². The third kappa shape index (κ3) is 5.37. The SMILES string of the molecule is COC(=O)c1ccc(CNC(=O)CSc2nnc3n(CCC(C)C)c(=O)c4ccccc4n23)cc1. The van der Waals surface area contributed by atoms with Crippen LogP contribution in [-0.4, -0.2) is 43.9 Å². The van der Waals surface area contributed by atoms with Crippen molar-refractivity contribution in [1.29, 1.82) is 0 Å². The number of para-hydroxylation sites is 1. The van der Waals surface area contributed by atoms with E-state index in [0.29, 0.717) is 46.4 Å². The van der Waals surface area contributed by atoms with Crippen LogP contribution >= 0.6 is 11.8 Å². The average Bonchev–Trinajstić information content (AvgIpc) is 3.29. The van der Waals surface area contributed by atoms with Crippen LogP contribution < -0.4 is 10.9 Å². The number of hydrogen-bond donors (Lipinski definition) is 1. The first-order chi connectivity index (χ1) is 16.9. The maximum Gasteiger partial charge on any atom is 0.337 e. The number of esters is 1. The molecule has 0 unspecified atom stereocenters. The molecule has 10 heteroatoms. The number of nitrogens with zero attached hydrogens (tertiary/aromatic N) is 4. The Morgan fingerprint density at radius 3 is 2.54 bits per heavy atom. The molecule has 182 valence electrons. The van der Waals surface area contributed by atoms with E-state index in [1.807, 2.05) is 22.6 Å². The first kappa shape index (κ1) is 24.5. The van der Waals surface area contributed by atoms with E-state index in [2.05, 4.69) is 29.4 Å². The maximum absolute atomic E-state index is 13.1. The zero-order valence-corrected chi connectivity index (χ0v) is 20.7. The fraction of sp³-hybridized carbons (Fsp3) is 0.320. The molecule has 2 aromatic heterocycles. The number of fused-ring (bicyclic) bond motifs is 3. The highest BCUT2D eigenvalue weighted by molar-refractivity contribution is 7.99. The number of aromatic nitrogens is 4. The summed E-state index contributed by atoms with van der Waals surface area (Å²) in [5.74, 6) is 0.481. The van der Waals surface area contributed by atoms with Gasteiger partial charge in [0.15, 0.2) is 5.16 Å². The summed E-state index contributed by atoms with van der Waals surface area (Å²) >= 11 is 1.26. The van der Waals surface area contributed by atoms with Crippen molar-refractivity contribution in [3.05, 3.63) is 70.0 Å². The standard InChI is InChI=1S/C25H27N5O4S/c1-16(2)12-13-29-22(32)19-6-4-5-7-20(19)30-24(29)27-28-25(30)35-15-21(31)26-14-17-8-10-18(11-9-17)23(33)34-3/h4-11,16H,12-15H2,1-3H3,(H,26,31). The molecule has 4 aromatic rings. The maximum atomic E-state index is 13.1. The van der Waals surface area contributed by atoms with Crippen LogP contribution in [-0.2, 0) is 22.6 Å². The lowest BCUT2D eigenvalue weighted by Crippen LogP contribution is -2.25. The van der Waals surface area contributed by atoms with Gasteiger partial charge in [-0.2, -0.15) is 0 Å². The largest absolute Gasteiger partial charge is 0.465 e. The Morgan fingerprint density at radius 1 is 1.09 bits per heavy atom. The molecule has 0 bridgehead atoms. The molecule has 0 aliphatic heterocycles. The molecule has 0 aliphatic rings. The second-order valence-corrected chi connectivity index (χ2v) is 9.47. The topological polar surface area (TPSA) is 108 Å². The van der Waals surface area contributed by atoms with Crippen LogP contribution in [0.2, 0.25) is 0 Å². The molecule has 0 radical (unpaired) electrons. The third-order valence-corrected chi connectivity index (χ3v) is 6.53. The number of carbonyl (C=O) groups excluding carboxylic acids is 2. The molecule has 0 saturated heterocycles. The molecule has 2 aromatic carbocycles. The monoisotopic (exact) mass is 493 g/mol. The number of carbonyl (C=O) groups is 2. The molecule has 0 fully saturated rings. The summed E-state index contributed by atoms with van der Waals surface area (Å²) in [6, 6.07) is 14.2. The van der Waals surface area contributed by atoms with E-state index in [0.717, 1.165) is 12.0 Å². The van der Waals surface area contributed by atoms with Gasteiger partial charge in [-0.05, 0) is 42.2 Å². The first-order valence-corrected chi connectivity index (χ1v) is 12.3. The van der Waals surface area contributed by atoms with Crippen molar-refractivity contribution in [1.82, 2.24) is 24.5 Å². The van der Waals surface area contributed by atoms with Gasteiger partial charge in [-0.25, -0.2) is 4.79 Å². The molecule has 2 heterocycles. The molecule has 1 amide bonds. The van der Waals surface area contributed by atoms with Gasteiger partial charge in [-0.3, -0.25) is 18.6 Å². The summed E-state index contributed by atoms with van der Waals surface area (Å²) in [6.07, 6.45) is 0.840. The van der Waals surface area contributed by atoms with Gasteiger partial charge >= 0.3 is 5.97 Å². The van der Waals surface area contributed by atoms with Gasteiger partial charge in [0.1, 0.15) is 0 Å². The van der Waals surface area contributed by atoms with Crippen molar-refractivity contribution in [2.75, 3.05) is 12.9 Å². The second-order valence-electron chi connectivity index (χ2n) is 8.53.